The molecule has 0 amide bonds. The highest BCUT2D eigenvalue weighted by molar-refractivity contribution is 5.72. The second kappa shape index (κ2) is 8.16. The zero-order valence-corrected chi connectivity index (χ0v) is 14.5. The molecule has 2 aromatic rings. The summed E-state index contributed by atoms with van der Waals surface area (Å²) in [6, 6.07) is 7.73. The molecule has 0 saturated carbocycles. The summed E-state index contributed by atoms with van der Waals surface area (Å²) >= 11 is 0. The second-order valence-corrected chi connectivity index (χ2v) is 6.72. The number of rotatable bonds is 7. The third kappa shape index (κ3) is 5.06. The van der Waals surface area contributed by atoms with Crippen molar-refractivity contribution in [3.8, 4) is 5.75 Å². The first-order chi connectivity index (χ1) is 12.1. The molecule has 0 bridgehead atoms. The van der Waals surface area contributed by atoms with Crippen molar-refractivity contribution in [3.63, 3.8) is 0 Å². The quantitative estimate of drug-likeness (QED) is 0.837. The number of aromatic nitrogens is 2. The van der Waals surface area contributed by atoms with E-state index in [9.17, 15) is 4.79 Å². The smallest absolute Gasteiger partial charge is 0.344 e. The van der Waals surface area contributed by atoms with Crippen molar-refractivity contribution in [2.75, 3.05) is 13.1 Å². The maximum atomic E-state index is 10.8. The Balaban J connectivity index is 1.45. The first-order valence-electron chi connectivity index (χ1n) is 8.76. The molecule has 1 aliphatic heterocycles. The molecule has 0 spiro atoms. The molecular weight excluding hydrogens is 318 g/mol. The molecule has 1 aromatic carbocycles. The van der Waals surface area contributed by atoms with Crippen molar-refractivity contribution in [1.82, 2.24) is 14.5 Å². The third-order valence-electron chi connectivity index (χ3n) is 4.73. The molecule has 1 fully saturated rings. The minimum Gasteiger partial charge on any atom is -0.479 e. The van der Waals surface area contributed by atoms with Crippen LogP contribution in [-0.4, -0.2) is 44.7 Å². The highest BCUT2D eigenvalue weighted by Gasteiger charge is 2.19. The zero-order valence-electron chi connectivity index (χ0n) is 14.5. The van der Waals surface area contributed by atoms with Gasteiger partial charge in [-0.15, -0.1) is 0 Å². The Bertz CT molecular complexity index is 662. The average Bonchev–Trinajstić information content (AvgIpc) is 3.11. The summed E-state index contributed by atoms with van der Waals surface area (Å²) in [4.78, 5) is 17.4. The van der Waals surface area contributed by atoms with E-state index in [-0.39, 0.29) is 0 Å². The number of aliphatic carboxylic acids is 1. The number of nitrogens with zero attached hydrogens (tertiary/aromatic N) is 3. The predicted molar refractivity (Wildman–Crippen MR) is 94.4 cm³/mol. The molecule has 25 heavy (non-hydrogen) atoms. The largest absolute Gasteiger partial charge is 0.479 e. The Hall–Kier alpha value is -2.34. The number of carboxylic acids is 1. The van der Waals surface area contributed by atoms with Crippen molar-refractivity contribution in [2.45, 2.75) is 39.0 Å². The van der Waals surface area contributed by atoms with Gasteiger partial charge in [0, 0.05) is 25.5 Å². The number of hydrogen-bond acceptors (Lipinski definition) is 4. The maximum Gasteiger partial charge on any atom is 0.344 e. The van der Waals surface area contributed by atoms with Crippen molar-refractivity contribution in [2.24, 2.45) is 5.92 Å². The lowest BCUT2D eigenvalue weighted by molar-refractivity contribution is -0.144. The van der Waals surface area contributed by atoms with Crippen LogP contribution in [0.25, 0.3) is 0 Å². The number of benzene rings is 1. The van der Waals surface area contributed by atoms with E-state index in [0.29, 0.717) is 5.75 Å². The van der Waals surface area contributed by atoms with E-state index in [1.165, 1.54) is 25.3 Å². The van der Waals surface area contributed by atoms with E-state index in [0.717, 1.165) is 32.1 Å². The lowest BCUT2D eigenvalue weighted by Gasteiger charge is -2.32. The molecule has 1 unspecified atom stereocenters. The van der Waals surface area contributed by atoms with Gasteiger partial charge >= 0.3 is 5.97 Å². The summed E-state index contributed by atoms with van der Waals surface area (Å²) in [6.45, 7) is 5.72. The number of hydrogen-bond donors (Lipinski definition) is 1. The molecule has 1 aliphatic rings. The predicted octanol–water partition coefficient (Wildman–Crippen LogP) is 2.65. The van der Waals surface area contributed by atoms with Gasteiger partial charge in [-0.25, -0.2) is 9.78 Å². The highest BCUT2D eigenvalue weighted by atomic mass is 16.5. The lowest BCUT2D eigenvalue weighted by atomic mass is 9.96. The Kier molecular flexibility index (Phi) is 5.71. The molecule has 3 rings (SSSR count). The van der Waals surface area contributed by atoms with Crippen molar-refractivity contribution >= 4 is 5.97 Å². The summed E-state index contributed by atoms with van der Waals surface area (Å²) in [5, 5.41) is 8.88. The Morgan fingerprint density at radius 2 is 2.04 bits per heavy atom. The summed E-state index contributed by atoms with van der Waals surface area (Å²) in [5.74, 6) is 0.360. The van der Waals surface area contributed by atoms with Crippen molar-refractivity contribution in [1.29, 1.82) is 0 Å². The standard InChI is InChI=1S/C19H25N3O3/c1-15(19(23)24)25-18-4-2-16(3-5-18)12-21-9-6-17(7-10-21)13-22-11-8-20-14-22/h2-5,8,11,14-15,17H,6-7,9-10,12-13H2,1H3,(H,23,24). The van der Waals surface area contributed by atoms with E-state index in [2.05, 4.69) is 14.5 Å². The van der Waals surface area contributed by atoms with Gasteiger partial charge in [-0.05, 0) is 56.5 Å². The Labute approximate surface area is 148 Å². The molecule has 1 N–H and O–H groups in total. The van der Waals surface area contributed by atoms with Gasteiger partial charge in [-0.1, -0.05) is 12.1 Å². The fraction of sp³-hybridized carbons (Fsp3) is 0.474. The highest BCUT2D eigenvalue weighted by Crippen LogP contribution is 2.21. The van der Waals surface area contributed by atoms with Crippen LogP contribution in [0.5, 0.6) is 5.75 Å². The first-order valence-corrected chi connectivity index (χ1v) is 8.76. The number of carboxylic acid groups (broad SMARTS) is 1. The molecule has 0 aliphatic carbocycles. The summed E-state index contributed by atoms with van der Waals surface area (Å²) in [6.07, 6.45) is 7.33. The van der Waals surface area contributed by atoms with Gasteiger partial charge in [-0.3, -0.25) is 4.90 Å². The van der Waals surface area contributed by atoms with E-state index in [1.54, 1.807) is 0 Å². The summed E-state index contributed by atoms with van der Waals surface area (Å²) < 4.78 is 7.53. The van der Waals surface area contributed by atoms with Crippen LogP contribution >= 0.6 is 0 Å². The number of imidazole rings is 1. The van der Waals surface area contributed by atoms with Gasteiger partial charge in [0.05, 0.1) is 6.33 Å². The van der Waals surface area contributed by atoms with Crippen molar-refractivity contribution in [3.05, 3.63) is 48.5 Å². The molecular formula is C19H25N3O3. The zero-order chi connectivity index (χ0) is 17.6. The van der Waals surface area contributed by atoms with E-state index >= 15 is 0 Å². The third-order valence-corrected chi connectivity index (χ3v) is 4.73. The van der Waals surface area contributed by atoms with E-state index < -0.39 is 12.1 Å². The molecule has 134 valence electrons. The van der Waals surface area contributed by atoms with Crippen LogP contribution in [0.4, 0.5) is 0 Å². The van der Waals surface area contributed by atoms with Crippen molar-refractivity contribution < 1.29 is 14.6 Å². The van der Waals surface area contributed by atoms with Gasteiger partial charge in [-0.2, -0.15) is 0 Å². The molecule has 1 saturated heterocycles. The number of likely N-dealkylation sites (tertiary alicyclic amines) is 1. The Morgan fingerprint density at radius 1 is 1.32 bits per heavy atom. The summed E-state index contributed by atoms with van der Waals surface area (Å²) in [5.41, 5.74) is 1.23. The minimum atomic E-state index is -0.956. The number of piperidine rings is 1. The molecule has 2 heterocycles. The van der Waals surface area contributed by atoms with Crippen LogP contribution in [-0.2, 0) is 17.9 Å². The lowest BCUT2D eigenvalue weighted by Crippen LogP contribution is -2.34. The average molecular weight is 343 g/mol. The normalized spacial score (nSPS) is 17.3. The Morgan fingerprint density at radius 3 is 2.64 bits per heavy atom. The molecule has 1 atom stereocenters. The van der Waals surface area contributed by atoms with E-state index in [4.69, 9.17) is 9.84 Å². The topological polar surface area (TPSA) is 67.6 Å². The monoisotopic (exact) mass is 343 g/mol. The van der Waals surface area contributed by atoms with Crippen LogP contribution < -0.4 is 4.74 Å². The SMILES string of the molecule is CC(Oc1ccc(CN2CCC(Cn3ccnc3)CC2)cc1)C(=O)O. The number of carbonyl (C=O) groups is 1. The first kappa shape index (κ1) is 17.5. The van der Waals surface area contributed by atoms with Gasteiger partial charge in [0.1, 0.15) is 5.75 Å². The summed E-state index contributed by atoms with van der Waals surface area (Å²) in [7, 11) is 0. The van der Waals surface area contributed by atoms with Gasteiger partial charge in [0.2, 0.25) is 0 Å². The van der Waals surface area contributed by atoms with Gasteiger partial charge in [0.25, 0.3) is 0 Å². The molecule has 6 heteroatoms. The fourth-order valence-electron chi connectivity index (χ4n) is 3.21. The second-order valence-electron chi connectivity index (χ2n) is 6.72. The van der Waals surface area contributed by atoms with Crippen LogP contribution in [0.1, 0.15) is 25.3 Å². The maximum absolute atomic E-state index is 10.8. The van der Waals surface area contributed by atoms with Gasteiger partial charge < -0.3 is 14.4 Å². The number of ether oxygens (including phenoxy) is 1. The minimum absolute atomic E-state index is 0.595. The molecule has 1 aromatic heterocycles. The van der Waals surface area contributed by atoms with Crippen LogP contribution in [0.15, 0.2) is 43.0 Å². The van der Waals surface area contributed by atoms with Crippen LogP contribution in [0.2, 0.25) is 0 Å². The van der Waals surface area contributed by atoms with Crippen LogP contribution in [0, 0.1) is 5.92 Å². The molecule has 0 radical (unpaired) electrons. The van der Waals surface area contributed by atoms with Crippen LogP contribution in [0.3, 0.4) is 0 Å². The van der Waals surface area contributed by atoms with E-state index in [1.807, 2.05) is 43.0 Å². The van der Waals surface area contributed by atoms with Gasteiger partial charge in [0.15, 0.2) is 6.10 Å². The molecule has 6 nitrogen and oxygen atoms in total. The fourth-order valence-corrected chi connectivity index (χ4v) is 3.21.